The van der Waals surface area contributed by atoms with Gasteiger partial charge in [0.25, 0.3) is 0 Å². The summed E-state index contributed by atoms with van der Waals surface area (Å²) >= 11 is 0. The third-order valence-corrected chi connectivity index (χ3v) is 2.30. The van der Waals surface area contributed by atoms with Gasteiger partial charge in [0, 0.05) is 11.8 Å². The predicted molar refractivity (Wildman–Crippen MR) is 56.8 cm³/mol. The van der Waals surface area contributed by atoms with Crippen LogP contribution in [-0.4, -0.2) is 9.97 Å². The van der Waals surface area contributed by atoms with E-state index in [1.54, 1.807) is 24.4 Å². The van der Waals surface area contributed by atoms with Crippen LogP contribution in [0.2, 0.25) is 0 Å². The zero-order valence-corrected chi connectivity index (χ0v) is 8.44. The minimum Gasteiger partial charge on any atom is -0.244 e. The van der Waals surface area contributed by atoms with Crippen LogP contribution in [0.15, 0.2) is 36.8 Å². The van der Waals surface area contributed by atoms with Crippen LogP contribution in [0, 0.1) is 5.82 Å². The molecule has 1 heterocycles. The third kappa shape index (κ3) is 1.86. The van der Waals surface area contributed by atoms with Crippen LogP contribution < -0.4 is 0 Å². The van der Waals surface area contributed by atoms with Crippen LogP contribution in [0.5, 0.6) is 0 Å². The van der Waals surface area contributed by atoms with Crippen molar-refractivity contribution in [1.29, 1.82) is 0 Å². The van der Waals surface area contributed by atoms with Crippen LogP contribution in [0.4, 0.5) is 4.39 Å². The Morgan fingerprint density at radius 2 is 2.07 bits per heavy atom. The number of aromatic nitrogens is 2. The normalized spacial score (nSPS) is 10.3. The van der Waals surface area contributed by atoms with E-state index in [1.165, 1.54) is 12.4 Å². The van der Waals surface area contributed by atoms with Crippen molar-refractivity contribution >= 4 is 0 Å². The molecular formula is C12H11FN2. The smallest absolute Gasteiger partial charge is 0.132 e. The third-order valence-electron chi connectivity index (χ3n) is 2.30. The number of benzene rings is 1. The van der Waals surface area contributed by atoms with Gasteiger partial charge in [0.1, 0.15) is 12.1 Å². The number of halogens is 1. The molecule has 2 nitrogen and oxygen atoms in total. The standard InChI is InChI=1S/C12H11FN2/c1-2-9-7-14-8-15-12(9)10-5-3-4-6-11(10)13/h3-8H,2H2,1H3. The van der Waals surface area contributed by atoms with Gasteiger partial charge in [-0.3, -0.25) is 0 Å². The average Bonchev–Trinajstić information content (AvgIpc) is 2.30. The summed E-state index contributed by atoms with van der Waals surface area (Å²) in [7, 11) is 0. The summed E-state index contributed by atoms with van der Waals surface area (Å²) in [6.45, 7) is 2.00. The second-order valence-electron chi connectivity index (χ2n) is 3.23. The van der Waals surface area contributed by atoms with E-state index in [1.807, 2.05) is 6.92 Å². The van der Waals surface area contributed by atoms with E-state index < -0.39 is 0 Å². The molecule has 0 saturated carbocycles. The van der Waals surface area contributed by atoms with Crippen molar-refractivity contribution in [2.45, 2.75) is 13.3 Å². The fourth-order valence-corrected chi connectivity index (χ4v) is 1.51. The lowest BCUT2D eigenvalue weighted by atomic mass is 10.1. The van der Waals surface area contributed by atoms with Crippen LogP contribution >= 0.6 is 0 Å². The summed E-state index contributed by atoms with van der Waals surface area (Å²) in [6, 6.07) is 6.65. The molecule has 0 bridgehead atoms. The van der Waals surface area contributed by atoms with Gasteiger partial charge in [0.15, 0.2) is 0 Å². The maximum atomic E-state index is 13.5. The maximum absolute atomic E-state index is 13.5. The molecule has 0 fully saturated rings. The van der Waals surface area contributed by atoms with Crippen molar-refractivity contribution < 1.29 is 4.39 Å². The van der Waals surface area contributed by atoms with Gasteiger partial charge in [-0.2, -0.15) is 0 Å². The Kier molecular flexibility index (Phi) is 2.72. The molecule has 0 aliphatic rings. The van der Waals surface area contributed by atoms with Gasteiger partial charge in [-0.15, -0.1) is 0 Å². The van der Waals surface area contributed by atoms with Gasteiger partial charge >= 0.3 is 0 Å². The molecule has 0 radical (unpaired) electrons. The zero-order valence-electron chi connectivity index (χ0n) is 8.44. The highest BCUT2D eigenvalue weighted by molar-refractivity contribution is 5.62. The van der Waals surface area contributed by atoms with Gasteiger partial charge in [0.2, 0.25) is 0 Å². The van der Waals surface area contributed by atoms with E-state index in [9.17, 15) is 4.39 Å². The molecular weight excluding hydrogens is 191 g/mol. The monoisotopic (exact) mass is 202 g/mol. The largest absolute Gasteiger partial charge is 0.244 e. The van der Waals surface area contributed by atoms with Crippen molar-refractivity contribution in [2.24, 2.45) is 0 Å². The van der Waals surface area contributed by atoms with E-state index >= 15 is 0 Å². The Morgan fingerprint density at radius 1 is 1.27 bits per heavy atom. The van der Waals surface area contributed by atoms with Crippen LogP contribution in [0.25, 0.3) is 11.3 Å². The van der Waals surface area contributed by atoms with E-state index in [-0.39, 0.29) is 5.82 Å². The molecule has 0 spiro atoms. The quantitative estimate of drug-likeness (QED) is 0.748. The molecule has 3 heteroatoms. The van der Waals surface area contributed by atoms with Gasteiger partial charge in [-0.1, -0.05) is 19.1 Å². The predicted octanol–water partition coefficient (Wildman–Crippen LogP) is 2.85. The first-order valence-corrected chi connectivity index (χ1v) is 4.86. The van der Waals surface area contributed by atoms with Crippen molar-refractivity contribution in [1.82, 2.24) is 9.97 Å². The fraction of sp³-hybridized carbons (Fsp3) is 0.167. The number of aryl methyl sites for hydroxylation is 1. The summed E-state index contributed by atoms with van der Waals surface area (Å²) < 4.78 is 13.5. The van der Waals surface area contributed by atoms with Crippen LogP contribution in [-0.2, 0) is 6.42 Å². The van der Waals surface area contributed by atoms with Crippen LogP contribution in [0.3, 0.4) is 0 Å². The SMILES string of the molecule is CCc1cncnc1-c1ccccc1F. The summed E-state index contributed by atoms with van der Waals surface area (Å²) in [5, 5.41) is 0. The molecule has 15 heavy (non-hydrogen) atoms. The molecule has 2 rings (SSSR count). The van der Waals surface area contributed by atoms with E-state index in [2.05, 4.69) is 9.97 Å². The molecule has 0 saturated heterocycles. The highest BCUT2D eigenvalue weighted by atomic mass is 19.1. The minimum absolute atomic E-state index is 0.245. The second-order valence-corrected chi connectivity index (χ2v) is 3.23. The molecule has 0 aliphatic heterocycles. The summed E-state index contributed by atoms with van der Waals surface area (Å²) in [5.41, 5.74) is 2.19. The zero-order chi connectivity index (χ0) is 10.7. The van der Waals surface area contributed by atoms with Gasteiger partial charge < -0.3 is 0 Å². The number of hydrogen-bond donors (Lipinski definition) is 0. The van der Waals surface area contributed by atoms with Crippen molar-refractivity contribution in [3.05, 3.63) is 48.2 Å². The average molecular weight is 202 g/mol. The highest BCUT2D eigenvalue weighted by Crippen LogP contribution is 2.23. The molecule has 0 amide bonds. The van der Waals surface area contributed by atoms with E-state index in [4.69, 9.17) is 0 Å². The number of hydrogen-bond acceptors (Lipinski definition) is 2. The van der Waals surface area contributed by atoms with Gasteiger partial charge in [-0.25, -0.2) is 14.4 Å². The van der Waals surface area contributed by atoms with Crippen molar-refractivity contribution in [3.63, 3.8) is 0 Å². The molecule has 0 atom stereocenters. The topological polar surface area (TPSA) is 25.8 Å². The molecule has 0 N–H and O–H groups in total. The lowest BCUT2D eigenvalue weighted by molar-refractivity contribution is 0.630. The summed E-state index contributed by atoms with van der Waals surface area (Å²) in [4.78, 5) is 8.07. The highest BCUT2D eigenvalue weighted by Gasteiger charge is 2.08. The molecule has 2 aromatic rings. The Hall–Kier alpha value is -1.77. The van der Waals surface area contributed by atoms with Gasteiger partial charge in [0.05, 0.1) is 5.69 Å². The second kappa shape index (κ2) is 4.17. The molecule has 76 valence electrons. The summed E-state index contributed by atoms with van der Waals surface area (Å²) in [6.07, 6.45) is 3.97. The lowest BCUT2D eigenvalue weighted by Gasteiger charge is -2.06. The Labute approximate surface area is 87.8 Å². The molecule has 0 aliphatic carbocycles. The van der Waals surface area contributed by atoms with Crippen LogP contribution in [0.1, 0.15) is 12.5 Å². The Bertz CT molecular complexity index is 469. The first kappa shape index (κ1) is 9.77. The van der Waals surface area contributed by atoms with E-state index in [0.717, 1.165) is 12.0 Å². The Balaban J connectivity index is 2.59. The first-order valence-electron chi connectivity index (χ1n) is 4.86. The first-order chi connectivity index (χ1) is 7.33. The molecule has 1 aromatic heterocycles. The van der Waals surface area contributed by atoms with E-state index in [0.29, 0.717) is 11.3 Å². The van der Waals surface area contributed by atoms with Crippen molar-refractivity contribution in [3.8, 4) is 11.3 Å². The summed E-state index contributed by atoms with van der Waals surface area (Å²) in [5.74, 6) is -0.245. The fourth-order valence-electron chi connectivity index (χ4n) is 1.51. The van der Waals surface area contributed by atoms with Gasteiger partial charge in [-0.05, 0) is 24.1 Å². The molecule has 1 aromatic carbocycles. The minimum atomic E-state index is -0.245. The maximum Gasteiger partial charge on any atom is 0.132 e. The van der Waals surface area contributed by atoms with Crippen molar-refractivity contribution in [2.75, 3.05) is 0 Å². The molecule has 0 unspecified atom stereocenters. The number of nitrogens with zero attached hydrogens (tertiary/aromatic N) is 2. The Morgan fingerprint density at radius 3 is 2.80 bits per heavy atom. The number of rotatable bonds is 2. The lowest BCUT2D eigenvalue weighted by Crippen LogP contribution is -1.94.